The molecule has 0 spiro atoms. The van der Waals surface area contributed by atoms with E-state index in [9.17, 15) is 0 Å². The monoisotopic (exact) mass is 308 g/mol. The van der Waals surface area contributed by atoms with E-state index in [-0.39, 0.29) is 5.41 Å². The molecule has 0 atom stereocenters. The van der Waals surface area contributed by atoms with Gasteiger partial charge in [-0.15, -0.1) is 0 Å². The molecule has 2 aromatic rings. The standard InChI is InChI=1S/C15H21BrN2/c1-10-14(15(2,3)7-8-17)12-9-11(16)5-6-13(12)18(10)4/h5-6,9H,7-8,17H2,1-4H3. The van der Waals surface area contributed by atoms with Crippen LogP contribution in [0, 0.1) is 6.92 Å². The molecule has 18 heavy (non-hydrogen) atoms. The smallest absolute Gasteiger partial charge is 0.0483 e. The summed E-state index contributed by atoms with van der Waals surface area (Å²) in [6, 6.07) is 6.49. The summed E-state index contributed by atoms with van der Waals surface area (Å²) in [5.74, 6) is 0. The van der Waals surface area contributed by atoms with Crippen LogP contribution in [0.5, 0.6) is 0 Å². The van der Waals surface area contributed by atoms with Gasteiger partial charge in [0.25, 0.3) is 0 Å². The lowest BCUT2D eigenvalue weighted by atomic mass is 9.80. The number of nitrogens with zero attached hydrogens (tertiary/aromatic N) is 1. The van der Waals surface area contributed by atoms with E-state index in [1.54, 1.807) is 0 Å². The summed E-state index contributed by atoms with van der Waals surface area (Å²) in [7, 11) is 2.13. The second kappa shape index (κ2) is 4.71. The predicted octanol–water partition coefficient (Wildman–Crippen LogP) is 3.88. The van der Waals surface area contributed by atoms with Crippen molar-refractivity contribution in [3.63, 3.8) is 0 Å². The lowest BCUT2D eigenvalue weighted by Crippen LogP contribution is -2.22. The highest BCUT2D eigenvalue weighted by Gasteiger charge is 2.26. The van der Waals surface area contributed by atoms with E-state index in [2.05, 4.69) is 66.5 Å². The molecule has 1 aromatic heterocycles. The number of aromatic nitrogens is 1. The fraction of sp³-hybridized carbons (Fsp3) is 0.467. The summed E-state index contributed by atoms with van der Waals surface area (Å²) in [6.45, 7) is 7.48. The van der Waals surface area contributed by atoms with Crippen molar-refractivity contribution in [1.82, 2.24) is 4.57 Å². The van der Waals surface area contributed by atoms with Crippen molar-refractivity contribution in [3.8, 4) is 0 Å². The van der Waals surface area contributed by atoms with Gasteiger partial charge >= 0.3 is 0 Å². The lowest BCUT2D eigenvalue weighted by Gasteiger charge is -2.25. The number of benzene rings is 1. The largest absolute Gasteiger partial charge is 0.348 e. The van der Waals surface area contributed by atoms with E-state index in [1.807, 2.05) is 0 Å². The van der Waals surface area contributed by atoms with Crippen LogP contribution in [0.15, 0.2) is 22.7 Å². The van der Waals surface area contributed by atoms with Gasteiger partial charge in [-0.3, -0.25) is 0 Å². The maximum Gasteiger partial charge on any atom is 0.0483 e. The average molecular weight is 309 g/mol. The zero-order valence-corrected chi connectivity index (χ0v) is 13.1. The number of aryl methyl sites for hydroxylation is 1. The van der Waals surface area contributed by atoms with Crippen molar-refractivity contribution in [1.29, 1.82) is 0 Å². The van der Waals surface area contributed by atoms with E-state index in [1.165, 1.54) is 22.2 Å². The van der Waals surface area contributed by atoms with Gasteiger partial charge < -0.3 is 10.3 Å². The first-order chi connectivity index (χ1) is 8.38. The Morgan fingerprint density at radius 1 is 1.33 bits per heavy atom. The lowest BCUT2D eigenvalue weighted by molar-refractivity contribution is 0.487. The Hall–Kier alpha value is -0.800. The van der Waals surface area contributed by atoms with Crippen LogP contribution in [0.1, 0.15) is 31.5 Å². The van der Waals surface area contributed by atoms with E-state index < -0.39 is 0 Å². The highest BCUT2D eigenvalue weighted by atomic mass is 79.9. The summed E-state index contributed by atoms with van der Waals surface area (Å²) in [6.07, 6.45) is 0.999. The van der Waals surface area contributed by atoms with Crippen LogP contribution in [-0.4, -0.2) is 11.1 Å². The Labute approximate surface area is 117 Å². The van der Waals surface area contributed by atoms with Crippen LogP contribution in [0.25, 0.3) is 10.9 Å². The molecule has 0 aliphatic carbocycles. The topological polar surface area (TPSA) is 30.9 Å². The molecule has 1 heterocycles. The number of rotatable bonds is 3. The van der Waals surface area contributed by atoms with E-state index in [0.29, 0.717) is 0 Å². The minimum absolute atomic E-state index is 0.110. The molecule has 98 valence electrons. The zero-order valence-electron chi connectivity index (χ0n) is 11.5. The van der Waals surface area contributed by atoms with Gasteiger partial charge in [-0.25, -0.2) is 0 Å². The number of nitrogens with two attached hydrogens (primary N) is 1. The Kier molecular flexibility index (Phi) is 3.56. The minimum Gasteiger partial charge on any atom is -0.348 e. The average Bonchev–Trinajstić information content (AvgIpc) is 2.51. The maximum absolute atomic E-state index is 5.77. The number of halogens is 1. The van der Waals surface area contributed by atoms with Crippen molar-refractivity contribution >= 4 is 26.8 Å². The minimum atomic E-state index is 0.110. The third-order valence-electron chi connectivity index (χ3n) is 3.90. The number of hydrogen-bond donors (Lipinski definition) is 1. The number of fused-ring (bicyclic) bond motifs is 1. The molecule has 0 fully saturated rings. The van der Waals surface area contributed by atoms with Gasteiger partial charge in [0.05, 0.1) is 0 Å². The molecule has 0 amide bonds. The molecule has 2 nitrogen and oxygen atoms in total. The Morgan fingerprint density at radius 3 is 2.61 bits per heavy atom. The van der Waals surface area contributed by atoms with Crippen molar-refractivity contribution < 1.29 is 0 Å². The molecule has 0 bridgehead atoms. The summed E-state index contributed by atoms with van der Waals surface area (Å²) in [5, 5.41) is 1.34. The molecule has 0 saturated heterocycles. The van der Waals surface area contributed by atoms with Crippen molar-refractivity contribution in [2.75, 3.05) is 6.54 Å². The molecule has 0 aliphatic rings. The van der Waals surface area contributed by atoms with Crippen LogP contribution in [0.3, 0.4) is 0 Å². The molecule has 2 N–H and O–H groups in total. The van der Waals surface area contributed by atoms with Gasteiger partial charge in [-0.2, -0.15) is 0 Å². The van der Waals surface area contributed by atoms with Crippen molar-refractivity contribution in [2.45, 2.75) is 32.6 Å². The normalized spacial score (nSPS) is 12.3. The molecule has 3 heteroatoms. The van der Waals surface area contributed by atoms with E-state index >= 15 is 0 Å². The van der Waals surface area contributed by atoms with Crippen molar-refractivity contribution in [3.05, 3.63) is 33.9 Å². The molecule has 2 rings (SSSR count). The Morgan fingerprint density at radius 2 is 2.00 bits per heavy atom. The quantitative estimate of drug-likeness (QED) is 0.916. The van der Waals surface area contributed by atoms with Crippen LogP contribution in [-0.2, 0) is 12.5 Å². The first kappa shape index (κ1) is 13.6. The van der Waals surface area contributed by atoms with Crippen LogP contribution in [0.4, 0.5) is 0 Å². The third kappa shape index (κ3) is 2.10. The van der Waals surface area contributed by atoms with Crippen molar-refractivity contribution in [2.24, 2.45) is 12.8 Å². The van der Waals surface area contributed by atoms with Gasteiger partial charge in [0, 0.05) is 28.1 Å². The predicted molar refractivity (Wildman–Crippen MR) is 82.1 cm³/mol. The highest BCUT2D eigenvalue weighted by Crippen LogP contribution is 2.37. The van der Waals surface area contributed by atoms with Gasteiger partial charge in [-0.1, -0.05) is 29.8 Å². The zero-order chi connectivity index (χ0) is 13.5. The first-order valence-electron chi connectivity index (χ1n) is 6.33. The van der Waals surface area contributed by atoms with Gasteiger partial charge in [0.15, 0.2) is 0 Å². The summed E-state index contributed by atoms with van der Waals surface area (Å²) in [4.78, 5) is 0. The second-order valence-corrected chi connectivity index (χ2v) is 6.52. The van der Waals surface area contributed by atoms with Gasteiger partial charge in [0.2, 0.25) is 0 Å². The van der Waals surface area contributed by atoms with Crippen LogP contribution in [0.2, 0.25) is 0 Å². The van der Waals surface area contributed by atoms with E-state index in [0.717, 1.165) is 17.4 Å². The second-order valence-electron chi connectivity index (χ2n) is 5.60. The first-order valence-corrected chi connectivity index (χ1v) is 7.13. The van der Waals surface area contributed by atoms with Gasteiger partial charge in [-0.05, 0) is 49.1 Å². The summed E-state index contributed by atoms with van der Waals surface area (Å²) < 4.78 is 3.40. The third-order valence-corrected chi connectivity index (χ3v) is 4.39. The molecule has 0 saturated carbocycles. The SMILES string of the molecule is Cc1c(C(C)(C)CCN)c2cc(Br)ccc2n1C. The Bertz CT molecular complexity index is 582. The molecule has 1 aromatic carbocycles. The van der Waals surface area contributed by atoms with E-state index in [4.69, 9.17) is 5.73 Å². The Balaban J connectivity index is 2.77. The van der Waals surface area contributed by atoms with Crippen LogP contribution < -0.4 is 5.73 Å². The molecular weight excluding hydrogens is 288 g/mol. The highest BCUT2D eigenvalue weighted by molar-refractivity contribution is 9.10. The molecule has 0 unspecified atom stereocenters. The summed E-state index contributed by atoms with van der Waals surface area (Å²) in [5.41, 5.74) is 9.92. The van der Waals surface area contributed by atoms with Crippen LogP contribution >= 0.6 is 15.9 Å². The maximum atomic E-state index is 5.77. The summed E-state index contributed by atoms with van der Waals surface area (Å²) >= 11 is 3.57. The fourth-order valence-electron chi connectivity index (χ4n) is 2.88. The molecular formula is C15H21BrN2. The van der Waals surface area contributed by atoms with Gasteiger partial charge in [0.1, 0.15) is 0 Å². The molecule has 0 radical (unpaired) electrons. The number of hydrogen-bond acceptors (Lipinski definition) is 1. The fourth-order valence-corrected chi connectivity index (χ4v) is 3.25. The molecule has 0 aliphatic heterocycles.